The summed E-state index contributed by atoms with van der Waals surface area (Å²) >= 11 is 5.75. The molecule has 2 atom stereocenters. The Balaban J connectivity index is 2.81. The van der Waals surface area contributed by atoms with Crippen LogP contribution in [0, 0.1) is 0 Å². The lowest BCUT2D eigenvalue weighted by Gasteiger charge is -2.10. The Kier molecular flexibility index (Phi) is 3.76. The first-order chi connectivity index (χ1) is 6.15. The lowest BCUT2D eigenvalue weighted by atomic mass is 9.98. The zero-order chi connectivity index (χ0) is 9.84. The van der Waals surface area contributed by atoms with Crippen molar-refractivity contribution in [2.75, 3.05) is 0 Å². The minimum atomic E-state index is -0.383. The molecule has 72 valence electrons. The molecule has 1 aromatic carbocycles. The predicted octanol–water partition coefficient (Wildman–Crippen LogP) is 3.40. The van der Waals surface area contributed by atoms with Crippen molar-refractivity contribution >= 4 is 11.6 Å². The number of halogens is 1. The molecule has 0 saturated carbocycles. The standard InChI is InChI=1S/C11H16ClN/c1-3-8(2)9-4-6-10(7-5-9)11(12)13/h4-8,11H,3,13H2,1-2H3. The average molecular weight is 198 g/mol. The van der Waals surface area contributed by atoms with E-state index in [9.17, 15) is 0 Å². The van der Waals surface area contributed by atoms with Gasteiger partial charge in [0.25, 0.3) is 0 Å². The first-order valence-electron chi connectivity index (χ1n) is 4.64. The van der Waals surface area contributed by atoms with E-state index in [2.05, 4.69) is 26.0 Å². The van der Waals surface area contributed by atoms with Crippen LogP contribution < -0.4 is 5.73 Å². The third-order valence-corrected chi connectivity index (χ3v) is 2.69. The highest BCUT2D eigenvalue weighted by Crippen LogP contribution is 2.21. The molecule has 13 heavy (non-hydrogen) atoms. The molecule has 0 aliphatic rings. The molecular weight excluding hydrogens is 182 g/mol. The minimum Gasteiger partial charge on any atom is -0.312 e. The summed E-state index contributed by atoms with van der Waals surface area (Å²) in [7, 11) is 0. The van der Waals surface area contributed by atoms with Crippen molar-refractivity contribution in [2.45, 2.75) is 31.7 Å². The molecule has 0 aliphatic heterocycles. The second kappa shape index (κ2) is 4.64. The molecule has 2 N–H and O–H groups in total. The summed E-state index contributed by atoms with van der Waals surface area (Å²) < 4.78 is 0. The smallest absolute Gasteiger partial charge is 0.106 e. The molecule has 0 radical (unpaired) electrons. The van der Waals surface area contributed by atoms with E-state index in [1.807, 2.05) is 12.1 Å². The zero-order valence-electron chi connectivity index (χ0n) is 8.13. The molecule has 0 saturated heterocycles. The van der Waals surface area contributed by atoms with Gasteiger partial charge in [0.15, 0.2) is 0 Å². The topological polar surface area (TPSA) is 26.0 Å². The molecule has 1 aromatic rings. The van der Waals surface area contributed by atoms with Gasteiger partial charge in [-0.15, -0.1) is 11.6 Å². The van der Waals surface area contributed by atoms with Gasteiger partial charge in [0, 0.05) is 0 Å². The lowest BCUT2D eigenvalue weighted by molar-refractivity contribution is 0.733. The van der Waals surface area contributed by atoms with E-state index in [1.165, 1.54) is 5.56 Å². The number of nitrogens with two attached hydrogens (primary N) is 1. The molecule has 0 bridgehead atoms. The monoisotopic (exact) mass is 197 g/mol. The molecule has 0 aromatic heterocycles. The van der Waals surface area contributed by atoms with E-state index in [1.54, 1.807) is 0 Å². The van der Waals surface area contributed by atoms with Crippen LogP contribution in [0.15, 0.2) is 24.3 Å². The van der Waals surface area contributed by atoms with Crippen LogP contribution in [0.2, 0.25) is 0 Å². The van der Waals surface area contributed by atoms with Gasteiger partial charge in [0.2, 0.25) is 0 Å². The van der Waals surface area contributed by atoms with Gasteiger partial charge in [-0.3, -0.25) is 0 Å². The van der Waals surface area contributed by atoms with Crippen LogP contribution in [0.25, 0.3) is 0 Å². The van der Waals surface area contributed by atoms with Gasteiger partial charge in [0.05, 0.1) is 0 Å². The first kappa shape index (κ1) is 10.6. The van der Waals surface area contributed by atoms with Crippen molar-refractivity contribution in [2.24, 2.45) is 5.73 Å². The second-order valence-corrected chi connectivity index (χ2v) is 3.85. The average Bonchev–Trinajstić information content (AvgIpc) is 2.17. The Labute approximate surface area is 84.9 Å². The van der Waals surface area contributed by atoms with Gasteiger partial charge in [-0.25, -0.2) is 0 Å². The Morgan fingerprint density at radius 2 is 1.69 bits per heavy atom. The lowest BCUT2D eigenvalue weighted by Crippen LogP contribution is -2.02. The highest BCUT2D eigenvalue weighted by Gasteiger charge is 2.04. The van der Waals surface area contributed by atoms with Crippen LogP contribution in [-0.2, 0) is 0 Å². The van der Waals surface area contributed by atoms with Gasteiger partial charge in [0.1, 0.15) is 5.50 Å². The van der Waals surface area contributed by atoms with E-state index in [4.69, 9.17) is 17.3 Å². The molecular formula is C11H16ClN. The van der Waals surface area contributed by atoms with Gasteiger partial charge in [-0.1, -0.05) is 38.1 Å². The maximum Gasteiger partial charge on any atom is 0.106 e. The fourth-order valence-corrected chi connectivity index (χ4v) is 1.39. The van der Waals surface area contributed by atoms with Crippen LogP contribution in [0.3, 0.4) is 0 Å². The summed E-state index contributed by atoms with van der Waals surface area (Å²) in [4.78, 5) is 0. The summed E-state index contributed by atoms with van der Waals surface area (Å²) in [5.74, 6) is 0.612. The van der Waals surface area contributed by atoms with Gasteiger partial charge in [-0.2, -0.15) is 0 Å². The Bertz CT molecular complexity index is 253. The molecule has 0 amide bonds. The molecule has 0 heterocycles. The molecule has 0 spiro atoms. The number of alkyl halides is 1. The van der Waals surface area contributed by atoms with Crippen molar-refractivity contribution in [3.05, 3.63) is 35.4 Å². The van der Waals surface area contributed by atoms with Crippen molar-refractivity contribution in [1.82, 2.24) is 0 Å². The molecule has 0 aliphatic carbocycles. The van der Waals surface area contributed by atoms with Gasteiger partial charge < -0.3 is 5.73 Å². The number of benzene rings is 1. The van der Waals surface area contributed by atoms with Crippen molar-refractivity contribution in [3.8, 4) is 0 Å². The highest BCUT2D eigenvalue weighted by molar-refractivity contribution is 6.20. The van der Waals surface area contributed by atoms with E-state index >= 15 is 0 Å². The normalized spacial score (nSPS) is 15.4. The number of rotatable bonds is 3. The summed E-state index contributed by atoms with van der Waals surface area (Å²) in [6.45, 7) is 4.40. The Morgan fingerprint density at radius 3 is 2.08 bits per heavy atom. The van der Waals surface area contributed by atoms with Crippen molar-refractivity contribution < 1.29 is 0 Å². The van der Waals surface area contributed by atoms with E-state index in [0.29, 0.717) is 5.92 Å². The van der Waals surface area contributed by atoms with Crippen LogP contribution in [0.1, 0.15) is 42.8 Å². The molecule has 1 rings (SSSR count). The van der Waals surface area contributed by atoms with Gasteiger partial charge >= 0.3 is 0 Å². The first-order valence-corrected chi connectivity index (χ1v) is 5.08. The molecule has 2 heteroatoms. The SMILES string of the molecule is CCC(C)c1ccc(C(N)Cl)cc1. The van der Waals surface area contributed by atoms with E-state index in [-0.39, 0.29) is 5.50 Å². The summed E-state index contributed by atoms with van der Waals surface area (Å²) in [5, 5.41) is 0. The third kappa shape index (κ3) is 2.71. The van der Waals surface area contributed by atoms with Crippen molar-refractivity contribution in [3.63, 3.8) is 0 Å². The quantitative estimate of drug-likeness (QED) is 0.584. The molecule has 1 nitrogen and oxygen atoms in total. The molecule has 0 fully saturated rings. The summed E-state index contributed by atoms with van der Waals surface area (Å²) in [5.41, 5.74) is 7.49. The van der Waals surface area contributed by atoms with Crippen LogP contribution >= 0.6 is 11.6 Å². The third-order valence-electron chi connectivity index (χ3n) is 2.44. The van der Waals surface area contributed by atoms with E-state index < -0.39 is 0 Å². The van der Waals surface area contributed by atoms with Crippen LogP contribution in [0.4, 0.5) is 0 Å². The summed E-state index contributed by atoms with van der Waals surface area (Å²) in [6, 6.07) is 8.20. The van der Waals surface area contributed by atoms with E-state index in [0.717, 1.165) is 12.0 Å². The Hall–Kier alpha value is -0.530. The fourth-order valence-electron chi connectivity index (χ4n) is 1.24. The van der Waals surface area contributed by atoms with Gasteiger partial charge in [-0.05, 0) is 23.5 Å². The number of hydrogen-bond donors (Lipinski definition) is 1. The zero-order valence-corrected chi connectivity index (χ0v) is 8.88. The summed E-state index contributed by atoms with van der Waals surface area (Å²) in [6.07, 6.45) is 1.16. The minimum absolute atomic E-state index is 0.383. The maximum absolute atomic E-state index is 5.75. The largest absolute Gasteiger partial charge is 0.312 e. The Morgan fingerprint density at radius 1 is 1.23 bits per heavy atom. The molecule has 2 unspecified atom stereocenters. The van der Waals surface area contributed by atoms with Crippen molar-refractivity contribution in [1.29, 1.82) is 0 Å². The van der Waals surface area contributed by atoms with Crippen LogP contribution in [-0.4, -0.2) is 0 Å². The van der Waals surface area contributed by atoms with Crippen LogP contribution in [0.5, 0.6) is 0 Å². The number of hydrogen-bond acceptors (Lipinski definition) is 1. The predicted molar refractivity (Wildman–Crippen MR) is 57.9 cm³/mol. The fraction of sp³-hybridized carbons (Fsp3) is 0.455. The maximum atomic E-state index is 5.75. The highest BCUT2D eigenvalue weighted by atomic mass is 35.5. The second-order valence-electron chi connectivity index (χ2n) is 3.38.